The highest BCUT2D eigenvalue weighted by Crippen LogP contribution is 2.35. The van der Waals surface area contributed by atoms with Gasteiger partial charge in [-0.3, -0.25) is 0 Å². The molecule has 0 aliphatic carbocycles. The molecule has 0 saturated heterocycles. The van der Waals surface area contributed by atoms with E-state index in [0.717, 1.165) is 35.8 Å². The van der Waals surface area contributed by atoms with Gasteiger partial charge in [-0.15, -0.1) is 0 Å². The number of aliphatic hydroxyl groups is 1. The van der Waals surface area contributed by atoms with Gasteiger partial charge in [0, 0.05) is 23.7 Å². The summed E-state index contributed by atoms with van der Waals surface area (Å²) in [5.41, 5.74) is 6.93. The average molecular weight is 361 g/mol. The highest BCUT2D eigenvalue weighted by Gasteiger charge is 2.16. The Labute approximate surface area is 134 Å². The van der Waals surface area contributed by atoms with Crippen molar-refractivity contribution in [1.82, 2.24) is 5.32 Å². The normalized spacial score (nSPS) is 12.2. The number of unbranched alkanes of at least 4 members (excludes halogenated alkanes) is 2. The molecule has 1 atom stereocenters. The average Bonchev–Trinajstić information content (AvgIpc) is 2.51. The summed E-state index contributed by atoms with van der Waals surface area (Å²) in [5, 5.41) is 12.2. The summed E-state index contributed by atoms with van der Waals surface area (Å²) >= 11 is 3.56. The Bertz CT molecular complexity index is 430. The summed E-state index contributed by atoms with van der Waals surface area (Å²) in [6.45, 7) is 1.61. The molecule has 0 aromatic heterocycles. The Morgan fingerprint density at radius 2 is 1.86 bits per heavy atom. The maximum absolute atomic E-state index is 8.77. The SMILES string of the molecule is COc1cc(Br)c(C(CN)NCCCCCO)cc1OC. The molecule has 5 nitrogen and oxygen atoms in total. The smallest absolute Gasteiger partial charge is 0.161 e. The third-order valence-electron chi connectivity index (χ3n) is 3.34. The quantitative estimate of drug-likeness (QED) is 0.557. The molecular formula is C15H25BrN2O3. The summed E-state index contributed by atoms with van der Waals surface area (Å²) in [6, 6.07) is 3.89. The predicted octanol–water partition coefficient (Wildman–Crippen LogP) is 2.22. The predicted molar refractivity (Wildman–Crippen MR) is 88.0 cm³/mol. The van der Waals surface area contributed by atoms with Crippen LogP contribution in [0.3, 0.4) is 0 Å². The Morgan fingerprint density at radius 1 is 1.19 bits per heavy atom. The number of halogens is 1. The molecule has 1 unspecified atom stereocenters. The van der Waals surface area contributed by atoms with Crippen molar-refractivity contribution in [3.05, 3.63) is 22.2 Å². The van der Waals surface area contributed by atoms with Crippen LogP contribution in [0.5, 0.6) is 11.5 Å². The van der Waals surface area contributed by atoms with Crippen LogP contribution in [-0.4, -0.2) is 39.0 Å². The lowest BCUT2D eigenvalue weighted by Gasteiger charge is -2.20. The fraction of sp³-hybridized carbons (Fsp3) is 0.600. The van der Waals surface area contributed by atoms with Gasteiger partial charge >= 0.3 is 0 Å². The molecule has 4 N–H and O–H groups in total. The molecule has 0 aliphatic rings. The van der Waals surface area contributed by atoms with Crippen molar-refractivity contribution >= 4 is 15.9 Å². The van der Waals surface area contributed by atoms with Crippen LogP contribution in [0, 0.1) is 0 Å². The van der Waals surface area contributed by atoms with Crippen LogP contribution in [0.1, 0.15) is 30.9 Å². The van der Waals surface area contributed by atoms with E-state index in [4.69, 9.17) is 20.3 Å². The molecule has 0 aliphatic heterocycles. The van der Waals surface area contributed by atoms with E-state index in [0.29, 0.717) is 18.0 Å². The van der Waals surface area contributed by atoms with E-state index in [1.54, 1.807) is 14.2 Å². The van der Waals surface area contributed by atoms with Crippen LogP contribution in [0.25, 0.3) is 0 Å². The van der Waals surface area contributed by atoms with Gasteiger partial charge in [-0.1, -0.05) is 15.9 Å². The number of methoxy groups -OCH3 is 2. The van der Waals surface area contributed by atoms with Crippen molar-refractivity contribution in [2.45, 2.75) is 25.3 Å². The second-order valence-electron chi connectivity index (χ2n) is 4.76. The number of nitrogens with one attached hydrogen (secondary N) is 1. The lowest BCUT2D eigenvalue weighted by Crippen LogP contribution is -2.29. The third kappa shape index (κ3) is 5.47. The minimum absolute atomic E-state index is 0.0494. The first kappa shape index (κ1) is 18.2. The topological polar surface area (TPSA) is 76.7 Å². The van der Waals surface area contributed by atoms with Gasteiger partial charge in [0.25, 0.3) is 0 Å². The molecule has 0 fully saturated rings. The summed E-state index contributed by atoms with van der Waals surface area (Å²) < 4.78 is 11.6. The van der Waals surface area contributed by atoms with E-state index >= 15 is 0 Å². The molecule has 6 heteroatoms. The highest BCUT2D eigenvalue weighted by molar-refractivity contribution is 9.10. The van der Waals surface area contributed by atoms with Crippen LogP contribution in [-0.2, 0) is 0 Å². The first-order valence-corrected chi connectivity index (χ1v) is 7.93. The van der Waals surface area contributed by atoms with Gasteiger partial charge in [0.2, 0.25) is 0 Å². The molecule has 0 heterocycles. The monoisotopic (exact) mass is 360 g/mol. The van der Waals surface area contributed by atoms with E-state index < -0.39 is 0 Å². The van der Waals surface area contributed by atoms with Crippen molar-refractivity contribution in [3.63, 3.8) is 0 Å². The van der Waals surface area contributed by atoms with Gasteiger partial charge < -0.3 is 25.6 Å². The Hall–Kier alpha value is -0.820. The molecule has 0 amide bonds. The Morgan fingerprint density at radius 3 is 2.43 bits per heavy atom. The standard InChI is InChI=1S/C15H25BrN2O3/c1-20-14-8-11(12(16)9-15(14)21-2)13(10-17)18-6-4-3-5-7-19/h8-9,13,18-19H,3-7,10,17H2,1-2H3. The number of benzene rings is 1. The molecule has 0 spiro atoms. The molecule has 21 heavy (non-hydrogen) atoms. The minimum atomic E-state index is 0.0494. The van der Waals surface area contributed by atoms with Gasteiger partial charge in [0.05, 0.1) is 14.2 Å². The van der Waals surface area contributed by atoms with Crippen molar-refractivity contribution in [2.75, 3.05) is 33.9 Å². The number of rotatable bonds is 10. The van der Waals surface area contributed by atoms with Crippen molar-refractivity contribution < 1.29 is 14.6 Å². The largest absolute Gasteiger partial charge is 0.493 e. The van der Waals surface area contributed by atoms with Crippen LogP contribution < -0.4 is 20.5 Å². The first-order chi connectivity index (χ1) is 10.2. The van der Waals surface area contributed by atoms with Gasteiger partial charge in [-0.05, 0) is 43.5 Å². The second-order valence-corrected chi connectivity index (χ2v) is 5.61. The zero-order valence-electron chi connectivity index (χ0n) is 12.7. The van der Waals surface area contributed by atoms with E-state index in [9.17, 15) is 0 Å². The number of hydrogen-bond acceptors (Lipinski definition) is 5. The number of ether oxygens (including phenoxy) is 2. The van der Waals surface area contributed by atoms with Gasteiger partial charge in [-0.25, -0.2) is 0 Å². The molecule has 120 valence electrons. The van der Waals surface area contributed by atoms with Crippen LogP contribution >= 0.6 is 15.9 Å². The van der Waals surface area contributed by atoms with Crippen molar-refractivity contribution in [3.8, 4) is 11.5 Å². The zero-order chi connectivity index (χ0) is 15.7. The van der Waals surface area contributed by atoms with Gasteiger partial charge in [-0.2, -0.15) is 0 Å². The molecule has 1 aromatic carbocycles. The van der Waals surface area contributed by atoms with Crippen LogP contribution in [0.4, 0.5) is 0 Å². The number of hydrogen-bond donors (Lipinski definition) is 3. The number of aliphatic hydroxyl groups excluding tert-OH is 1. The van der Waals surface area contributed by atoms with Gasteiger partial charge in [0.1, 0.15) is 0 Å². The Kier molecular flexibility index (Phi) is 8.68. The van der Waals surface area contributed by atoms with Crippen molar-refractivity contribution in [1.29, 1.82) is 0 Å². The summed E-state index contributed by atoms with van der Waals surface area (Å²) in [5.74, 6) is 1.38. The van der Waals surface area contributed by atoms with Crippen LogP contribution in [0.15, 0.2) is 16.6 Å². The van der Waals surface area contributed by atoms with Crippen LogP contribution in [0.2, 0.25) is 0 Å². The molecule has 0 bridgehead atoms. The molecule has 0 saturated carbocycles. The lowest BCUT2D eigenvalue weighted by atomic mass is 10.1. The summed E-state index contributed by atoms with van der Waals surface area (Å²) in [6.07, 6.45) is 2.87. The summed E-state index contributed by atoms with van der Waals surface area (Å²) in [4.78, 5) is 0. The maximum Gasteiger partial charge on any atom is 0.161 e. The first-order valence-electron chi connectivity index (χ1n) is 7.13. The molecule has 1 aromatic rings. The molecular weight excluding hydrogens is 336 g/mol. The summed E-state index contributed by atoms with van der Waals surface area (Å²) in [7, 11) is 3.24. The molecule has 0 radical (unpaired) electrons. The van der Waals surface area contributed by atoms with E-state index in [2.05, 4.69) is 21.2 Å². The number of nitrogens with two attached hydrogens (primary N) is 1. The fourth-order valence-electron chi connectivity index (χ4n) is 2.15. The maximum atomic E-state index is 8.77. The zero-order valence-corrected chi connectivity index (χ0v) is 14.3. The van der Waals surface area contributed by atoms with E-state index in [1.807, 2.05) is 12.1 Å². The third-order valence-corrected chi connectivity index (χ3v) is 4.03. The van der Waals surface area contributed by atoms with E-state index in [-0.39, 0.29) is 12.6 Å². The van der Waals surface area contributed by atoms with E-state index in [1.165, 1.54) is 0 Å². The minimum Gasteiger partial charge on any atom is -0.493 e. The van der Waals surface area contributed by atoms with Gasteiger partial charge in [0.15, 0.2) is 11.5 Å². The van der Waals surface area contributed by atoms with Crippen molar-refractivity contribution in [2.24, 2.45) is 5.73 Å². The Balaban J connectivity index is 2.75. The fourth-order valence-corrected chi connectivity index (χ4v) is 2.75. The second kappa shape index (κ2) is 10.00. The lowest BCUT2D eigenvalue weighted by molar-refractivity contribution is 0.282. The highest BCUT2D eigenvalue weighted by atomic mass is 79.9. The molecule has 1 rings (SSSR count).